The van der Waals surface area contributed by atoms with Gasteiger partial charge in [-0.05, 0) is 6.42 Å². The number of nitrogens with zero attached hydrogens (tertiary/aromatic N) is 2. The fourth-order valence-electron chi connectivity index (χ4n) is 1.83. The van der Waals surface area contributed by atoms with E-state index in [2.05, 4.69) is 17.6 Å². The summed E-state index contributed by atoms with van der Waals surface area (Å²) in [6.45, 7) is 5.91. The first-order chi connectivity index (χ1) is 8.79. The molecule has 5 heteroatoms. The van der Waals surface area contributed by atoms with Gasteiger partial charge in [0.2, 0.25) is 0 Å². The lowest BCUT2D eigenvalue weighted by Gasteiger charge is -2.27. The summed E-state index contributed by atoms with van der Waals surface area (Å²) in [6, 6.07) is 1.98. The predicted molar refractivity (Wildman–Crippen MR) is 70.7 cm³/mol. The topological polar surface area (TPSA) is 68.2 Å². The van der Waals surface area contributed by atoms with Gasteiger partial charge in [-0.3, -0.25) is 4.79 Å². The van der Waals surface area contributed by atoms with Crippen LogP contribution in [0.2, 0.25) is 0 Å². The Kier molecular flexibility index (Phi) is 6.89. The summed E-state index contributed by atoms with van der Waals surface area (Å²) >= 11 is 0. The molecule has 0 aromatic heterocycles. The largest absolute Gasteiger partial charge is 0.390 e. The molecule has 5 nitrogen and oxygen atoms in total. The molecule has 0 spiro atoms. The quantitative estimate of drug-likeness (QED) is 0.412. The summed E-state index contributed by atoms with van der Waals surface area (Å²) in [7, 11) is 0. The van der Waals surface area contributed by atoms with Crippen molar-refractivity contribution < 1.29 is 4.79 Å². The van der Waals surface area contributed by atoms with Crippen LogP contribution in [0.4, 0.5) is 0 Å². The van der Waals surface area contributed by atoms with Gasteiger partial charge in [0.05, 0.1) is 0 Å². The SMILES string of the molecule is CCCCCN/C=C(/C#N)C(=O)N1CCNCC1. The molecule has 1 heterocycles. The number of hydrogen-bond donors (Lipinski definition) is 2. The van der Waals surface area contributed by atoms with E-state index >= 15 is 0 Å². The van der Waals surface area contributed by atoms with E-state index in [1.54, 1.807) is 11.1 Å². The Balaban J connectivity index is 2.41. The number of hydrogen-bond acceptors (Lipinski definition) is 4. The van der Waals surface area contributed by atoms with Gasteiger partial charge in [-0.2, -0.15) is 5.26 Å². The molecule has 0 aliphatic carbocycles. The lowest BCUT2D eigenvalue weighted by Crippen LogP contribution is -2.46. The third-order valence-electron chi connectivity index (χ3n) is 2.93. The molecule has 1 fully saturated rings. The molecule has 100 valence electrons. The molecule has 1 saturated heterocycles. The number of carbonyl (C=O) groups is 1. The maximum Gasteiger partial charge on any atom is 0.266 e. The first kappa shape index (κ1) is 14.5. The molecular weight excluding hydrogens is 228 g/mol. The average Bonchev–Trinajstić information content (AvgIpc) is 2.43. The van der Waals surface area contributed by atoms with Gasteiger partial charge in [0.25, 0.3) is 5.91 Å². The van der Waals surface area contributed by atoms with Crippen LogP contribution in [0.5, 0.6) is 0 Å². The fourth-order valence-corrected chi connectivity index (χ4v) is 1.83. The van der Waals surface area contributed by atoms with E-state index in [9.17, 15) is 4.79 Å². The van der Waals surface area contributed by atoms with Crippen molar-refractivity contribution in [2.75, 3.05) is 32.7 Å². The maximum absolute atomic E-state index is 12.0. The minimum atomic E-state index is -0.165. The predicted octanol–water partition coefficient (Wildman–Crippen LogP) is 0.605. The Bertz CT molecular complexity index is 326. The van der Waals surface area contributed by atoms with Gasteiger partial charge in [-0.25, -0.2) is 0 Å². The van der Waals surface area contributed by atoms with Gasteiger partial charge in [0.15, 0.2) is 0 Å². The van der Waals surface area contributed by atoms with E-state index in [0.717, 1.165) is 38.9 Å². The summed E-state index contributed by atoms with van der Waals surface area (Å²) in [5.41, 5.74) is 0.202. The summed E-state index contributed by atoms with van der Waals surface area (Å²) in [4.78, 5) is 13.7. The van der Waals surface area contributed by atoms with E-state index in [1.165, 1.54) is 0 Å². The molecule has 0 unspecified atom stereocenters. The van der Waals surface area contributed by atoms with Crippen LogP contribution in [-0.4, -0.2) is 43.5 Å². The number of amides is 1. The Hall–Kier alpha value is -1.54. The minimum Gasteiger partial charge on any atom is -0.390 e. The Morgan fingerprint density at radius 3 is 2.78 bits per heavy atom. The molecule has 0 aromatic carbocycles. The summed E-state index contributed by atoms with van der Waals surface area (Å²) in [5.74, 6) is -0.165. The molecule has 0 atom stereocenters. The normalized spacial score (nSPS) is 16.2. The second-order valence-electron chi connectivity index (χ2n) is 4.37. The average molecular weight is 250 g/mol. The highest BCUT2D eigenvalue weighted by Crippen LogP contribution is 2.02. The van der Waals surface area contributed by atoms with Gasteiger partial charge in [0, 0.05) is 38.9 Å². The van der Waals surface area contributed by atoms with Crippen molar-refractivity contribution in [2.45, 2.75) is 26.2 Å². The standard InChI is InChI=1S/C13H22N4O/c1-2-3-4-5-16-11-12(10-14)13(18)17-8-6-15-7-9-17/h11,15-16H,2-9H2,1H3/b12-11-. The number of unbranched alkanes of at least 4 members (excludes halogenated alkanes) is 2. The molecule has 1 amide bonds. The van der Waals surface area contributed by atoms with Crippen molar-refractivity contribution in [3.63, 3.8) is 0 Å². The van der Waals surface area contributed by atoms with Crippen molar-refractivity contribution in [2.24, 2.45) is 0 Å². The lowest BCUT2D eigenvalue weighted by atomic mass is 10.2. The van der Waals surface area contributed by atoms with Crippen LogP contribution in [0.1, 0.15) is 26.2 Å². The summed E-state index contributed by atoms with van der Waals surface area (Å²) < 4.78 is 0. The Labute approximate surface area is 109 Å². The van der Waals surface area contributed by atoms with Gasteiger partial charge in [-0.15, -0.1) is 0 Å². The van der Waals surface area contributed by atoms with Crippen LogP contribution >= 0.6 is 0 Å². The van der Waals surface area contributed by atoms with E-state index in [1.807, 2.05) is 6.07 Å². The Morgan fingerprint density at radius 2 is 2.17 bits per heavy atom. The molecule has 0 saturated carbocycles. The van der Waals surface area contributed by atoms with Crippen LogP contribution in [-0.2, 0) is 4.79 Å². The number of nitriles is 1. The van der Waals surface area contributed by atoms with Crippen molar-refractivity contribution >= 4 is 5.91 Å². The third-order valence-corrected chi connectivity index (χ3v) is 2.93. The Morgan fingerprint density at radius 1 is 1.44 bits per heavy atom. The second kappa shape index (κ2) is 8.54. The maximum atomic E-state index is 12.0. The summed E-state index contributed by atoms with van der Waals surface area (Å²) in [5, 5.41) is 15.2. The number of carbonyl (C=O) groups excluding carboxylic acids is 1. The van der Waals surface area contributed by atoms with Crippen molar-refractivity contribution in [3.8, 4) is 6.07 Å². The smallest absolute Gasteiger partial charge is 0.266 e. The van der Waals surface area contributed by atoms with Gasteiger partial charge >= 0.3 is 0 Å². The molecule has 0 aromatic rings. The summed E-state index contributed by atoms with van der Waals surface area (Å²) in [6.07, 6.45) is 4.94. The first-order valence-corrected chi connectivity index (χ1v) is 6.63. The van der Waals surface area contributed by atoms with E-state index in [0.29, 0.717) is 13.1 Å². The highest BCUT2D eigenvalue weighted by Gasteiger charge is 2.19. The van der Waals surface area contributed by atoms with Crippen LogP contribution in [0.15, 0.2) is 11.8 Å². The van der Waals surface area contributed by atoms with Gasteiger partial charge in [-0.1, -0.05) is 19.8 Å². The van der Waals surface area contributed by atoms with E-state index < -0.39 is 0 Å². The number of rotatable bonds is 6. The molecule has 1 aliphatic rings. The molecule has 1 rings (SSSR count). The van der Waals surface area contributed by atoms with Crippen LogP contribution < -0.4 is 10.6 Å². The fraction of sp³-hybridized carbons (Fsp3) is 0.692. The van der Waals surface area contributed by atoms with Crippen molar-refractivity contribution in [3.05, 3.63) is 11.8 Å². The van der Waals surface area contributed by atoms with Crippen molar-refractivity contribution in [1.82, 2.24) is 15.5 Å². The van der Waals surface area contributed by atoms with E-state index in [-0.39, 0.29) is 11.5 Å². The highest BCUT2D eigenvalue weighted by molar-refractivity contribution is 5.97. The highest BCUT2D eigenvalue weighted by atomic mass is 16.2. The monoisotopic (exact) mass is 250 g/mol. The molecule has 2 N–H and O–H groups in total. The van der Waals surface area contributed by atoms with Gasteiger partial charge < -0.3 is 15.5 Å². The van der Waals surface area contributed by atoms with Crippen LogP contribution in [0.3, 0.4) is 0 Å². The van der Waals surface area contributed by atoms with Crippen LogP contribution in [0, 0.1) is 11.3 Å². The molecular formula is C13H22N4O. The third kappa shape index (κ3) is 4.76. The molecule has 1 aliphatic heterocycles. The zero-order valence-corrected chi connectivity index (χ0v) is 11.0. The van der Waals surface area contributed by atoms with Gasteiger partial charge in [0.1, 0.15) is 11.6 Å². The van der Waals surface area contributed by atoms with E-state index in [4.69, 9.17) is 5.26 Å². The van der Waals surface area contributed by atoms with Crippen LogP contribution in [0.25, 0.3) is 0 Å². The zero-order valence-electron chi connectivity index (χ0n) is 11.0. The van der Waals surface area contributed by atoms with Crippen molar-refractivity contribution in [1.29, 1.82) is 5.26 Å². The zero-order chi connectivity index (χ0) is 13.2. The molecule has 0 bridgehead atoms. The first-order valence-electron chi connectivity index (χ1n) is 6.63. The second-order valence-corrected chi connectivity index (χ2v) is 4.37. The lowest BCUT2D eigenvalue weighted by molar-refractivity contribution is -0.127. The number of piperazine rings is 1. The molecule has 18 heavy (non-hydrogen) atoms. The number of nitrogens with one attached hydrogen (secondary N) is 2. The minimum absolute atomic E-state index is 0.165. The molecule has 0 radical (unpaired) electrons.